The molecule has 0 atom stereocenters. The van der Waals surface area contributed by atoms with Crippen LogP contribution in [0.1, 0.15) is 79.6 Å². The van der Waals surface area contributed by atoms with E-state index in [1.165, 1.54) is 43.3 Å². The van der Waals surface area contributed by atoms with E-state index in [1.54, 1.807) is 18.7 Å². The lowest BCUT2D eigenvalue weighted by Crippen LogP contribution is -2.55. The van der Waals surface area contributed by atoms with Crippen LogP contribution in [0.3, 0.4) is 0 Å². The van der Waals surface area contributed by atoms with E-state index >= 15 is 0 Å². The molecule has 0 unspecified atom stereocenters. The molecule has 4 rings (SSSR count). The number of carbonyl (C=O) groups excluding carboxylic acids is 2. The Morgan fingerprint density at radius 1 is 0.974 bits per heavy atom. The zero-order valence-corrected chi connectivity index (χ0v) is 25.1. The second-order valence-corrected chi connectivity index (χ2v) is 12.9. The van der Waals surface area contributed by atoms with Crippen molar-refractivity contribution in [1.82, 2.24) is 10.2 Å². The van der Waals surface area contributed by atoms with Crippen LogP contribution in [0.2, 0.25) is 0 Å². The van der Waals surface area contributed by atoms with Crippen molar-refractivity contribution in [1.29, 1.82) is 0 Å². The standard InChI is InChI=1S/C28H46N2O4.H3O4P/c1-19(2)7-6-8-21(5)9-11-30(28(32)34-18-33-27(31)20(3)4)12-10-29-26-24-14-22-13-23(16-24)17-25(26)15-22;1-5(2,3)4/h7,9,20,22-26,29H,6,8,10-18H2,1-5H3;(H3,1,2,3,4)/b21-9+;. The van der Waals surface area contributed by atoms with Crippen LogP contribution in [0.4, 0.5) is 4.79 Å². The van der Waals surface area contributed by atoms with E-state index in [9.17, 15) is 9.59 Å². The Kier molecular flexibility index (Phi) is 13.7. The SMILES string of the molecule is CC(C)=CCC/C(C)=C/CN(CCNC1C2CC3CC(C2)CC1C3)C(=O)OCOC(=O)C(C)C.O=P(O)(O)O. The van der Waals surface area contributed by atoms with Crippen molar-refractivity contribution in [2.75, 3.05) is 26.4 Å². The van der Waals surface area contributed by atoms with Crippen molar-refractivity contribution in [3.05, 3.63) is 23.3 Å². The van der Waals surface area contributed by atoms with Crippen molar-refractivity contribution in [3.8, 4) is 0 Å². The minimum Gasteiger partial charge on any atom is -0.428 e. The summed E-state index contributed by atoms with van der Waals surface area (Å²) in [5, 5.41) is 3.81. The van der Waals surface area contributed by atoms with E-state index < -0.39 is 13.9 Å². The van der Waals surface area contributed by atoms with E-state index in [0.29, 0.717) is 19.1 Å². The van der Waals surface area contributed by atoms with Gasteiger partial charge in [-0.3, -0.25) is 4.79 Å². The number of phosphoric acid groups is 1. The first-order valence-electron chi connectivity index (χ1n) is 14.1. The molecule has 10 nitrogen and oxygen atoms in total. The van der Waals surface area contributed by atoms with Gasteiger partial charge in [0.15, 0.2) is 0 Å². The molecule has 4 fully saturated rings. The van der Waals surface area contributed by atoms with E-state index in [0.717, 1.165) is 43.1 Å². The molecule has 0 aromatic carbocycles. The predicted molar refractivity (Wildman–Crippen MR) is 149 cm³/mol. The van der Waals surface area contributed by atoms with Gasteiger partial charge in [-0.2, -0.15) is 0 Å². The maximum Gasteiger partial charge on any atom is 0.466 e. The number of hydrogen-bond acceptors (Lipinski definition) is 6. The fraction of sp³-hybridized carbons (Fsp3) is 0.786. The molecule has 4 bridgehead atoms. The maximum atomic E-state index is 12.8. The van der Waals surface area contributed by atoms with Gasteiger partial charge in [0.1, 0.15) is 0 Å². The minimum atomic E-state index is -4.64. The fourth-order valence-corrected chi connectivity index (χ4v) is 6.23. The van der Waals surface area contributed by atoms with Gasteiger partial charge < -0.3 is 34.4 Å². The van der Waals surface area contributed by atoms with Crippen molar-refractivity contribution < 1.29 is 38.3 Å². The van der Waals surface area contributed by atoms with Crippen LogP contribution in [-0.2, 0) is 18.8 Å². The van der Waals surface area contributed by atoms with Gasteiger partial charge >= 0.3 is 19.9 Å². The van der Waals surface area contributed by atoms with Crippen molar-refractivity contribution in [3.63, 3.8) is 0 Å². The zero-order valence-electron chi connectivity index (χ0n) is 24.2. The number of rotatable bonds is 12. The monoisotopic (exact) mass is 572 g/mol. The molecule has 4 saturated carbocycles. The number of ether oxygens (including phenoxy) is 2. The Labute approximate surface area is 233 Å². The first-order chi connectivity index (χ1) is 18.2. The fourth-order valence-electron chi connectivity index (χ4n) is 6.23. The molecule has 39 heavy (non-hydrogen) atoms. The highest BCUT2D eigenvalue weighted by Crippen LogP contribution is 2.53. The first kappa shape index (κ1) is 33.5. The van der Waals surface area contributed by atoms with Crippen LogP contribution in [0, 0.1) is 29.6 Å². The van der Waals surface area contributed by atoms with Gasteiger partial charge in [0.05, 0.1) is 5.92 Å². The minimum absolute atomic E-state index is 0.244. The summed E-state index contributed by atoms with van der Waals surface area (Å²) in [6.07, 6.45) is 12.9. The molecule has 0 aromatic rings. The maximum absolute atomic E-state index is 12.8. The molecule has 4 aliphatic rings. The van der Waals surface area contributed by atoms with Crippen LogP contribution < -0.4 is 5.32 Å². The number of nitrogens with zero attached hydrogens (tertiary/aromatic N) is 1. The van der Waals surface area contributed by atoms with Gasteiger partial charge in [0.25, 0.3) is 0 Å². The molecule has 0 aliphatic heterocycles. The van der Waals surface area contributed by atoms with Crippen LogP contribution in [-0.4, -0.2) is 64.1 Å². The molecule has 11 heteroatoms. The number of carbonyl (C=O) groups is 2. The van der Waals surface area contributed by atoms with E-state index in [2.05, 4.69) is 38.2 Å². The summed E-state index contributed by atoms with van der Waals surface area (Å²) in [6, 6.07) is 0.596. The van der Waals surface area contributed by atoms with Gasteiger partial charge in [-0.1, -0.05) is 37.1 Å². The summed E-state index contributed by atoms with van der Waals surface area (Å²) in [5.74, 6) is 2.93. The third-order valence-corrected chi connectivity index (χ3v) is 7.85. The quantitative estimate of drug-likeness (QED) is 0.113. The summed E-state index contributed by atoms with van der Waals surface area (Å²) in [7, 11) is -4.64. The van der Waals surface area contributed by atoms with Crippen molar-refractivity contribution in [2.45, 2.75) is 85.6 Å². The number of allylic oxidation sites excluding steroid dienone is 3. The van der Waals surface area contributed by atoms with Crippen LogP contribution in [0.15, 0.2) is 23.3 Å². The summed E-state index contributed by atoms with van der Waals surface area (Å²) in [4.78, 5) is 47.7. The number of hydrogen-bond donors (Lipinski definition) is 4. The van der Waals surface area contributed by atoms with Crippen molar-refractivity contribution >= 4 is 19.9 Å². The highest BCUT2D eigenvalue weighted by Gasteiger charge is 2.47. The van der Waals surface area contributed by atoms with E-state index in [4.69, 9.17) is 28.7 Å². The molecule has 0 aromatic heterocycles. The number of esters is 1. The third-order valence-electron chi connectivity index (χ3n) is 7.85. The lowest BCUT2D eigenvalue weighted by atomic mass is 9.54. The van der Waals surface area contributed by atoms with Gasteiger partial charge in [0, 0.05) is 25.7 Å². The lowest BCUT2D eigenvalue weighted by molar-refractivity contribution is -0.156. The lowest BCUT2D eigenvalue weighted by Gasteiger charge is -2.54. The summed E-state index contributed by atoms with van der Waals surface area (Å²) in [6.45, 7) is 11.4. The van der Waals surface area contributed by atoms with Gasteiger partial charge in [-0.15, -0.1) is 0 Å². The average molecular weight is 573 g/mol. The highest BCUT2D eigenvalue weighted by atomic mass is 31.2. The Hall–Kier alpha value is -1.71. The summed E-state index contributed by atoms with van der Waals surface area (Å²) >= 11 is 0. The summed E-state index contributed by atoms with van der Waals surface area (Å²) < 4.78 is 19.2. The molecule has 0 radical (unpaired) electrons. The Morgan fingerprint density at radius 3 is 2.05 bits per heavy atom. The Morgan fingerprint density at radius 2 is 1.54 bits per heavy atom. The topological polar surface area (TPSA) is 146 Å². The molecule has 1 amide bonds. The van der Waals surface area contributed by atoms with Gasteiger partial charge in [-0.05, 0) is 89.4 Å². The summed E-state index contributed by atoms with van der Waals surface area (Å²) in [5.41, 5.74) is 2.58. The Bertz CT molecular complexity index is 873. The predicted octanol–water partition coefficient (Wildman–Crippen LogP) is 4.76. The van der Waals surface area contributed by atoms with Crippen LogP contribution >= 0.6 is 7.82 Å². The highest BCUT2D eigenvalue weighted by molar-refractivity contribution is 7.45. The number of amides is 1. The van der Waals surface area contributed by atoms with Crippen LogP contribution in [0.5, 0.6) is 0 Å². The normalized spacial score (nSPS) is 25.6. The zero-order chi connectivity index (χ0) is 29.2. The second-order valence-electron chi connectivity index (χ2n) is 11.9. The molecule has 4 N–H and O–H groups in total. The molecule has 4 aliphatic carbocycles. The van der Waals surface area contributed by atoms with Crippen molar-refractivity contribution in [2.24, 2.45) is 29.6 Å². The molecule has 0 heterocycles. The molecule has 224 valence electrons. The first-order valence-corrected chi connectivity index (χ1v) is 15.7. The average Bonchev–Trinajstić information content (AvgIpc) is 2.80. The van der Waals surface area contributed by atoms with Gasteiger partial charge in [-0.25, -0.2) is 9.36 Å². The molecular formula is C28H49N2O8P. The molecule has 0 spiro atoms. The van der Waals surface area contributed by atoms with Crippen LogP contribution in [0.25, 0.3) is 0 Å². The van der Waals surface area contributed by atoms with Gasteiger partial charge in [0.2, 0.25) is 6.79 Å². The van der Waals surface area contributed by atoms with E-state index in [1.807, 2.05) is 0 Å². The second kappa shape index (κ2) is 15.9. The van der Waals surface area contributed by atoms with E-state index in [-0.39, 0.29) is 18.7 Å². The number of nitrogens with one attached hydrogen (secondary N) is 1. The third kappa shape index (κ3) is 13.0. The Balaban J connectivity index is 0.000000976. The largest absolute Gasteiger partial charge is 0.466 e. The smallest absolute Gasteiger partial charge is 0.428 e. The molecule has 0 saturated heterocycles. The molecular weight excluding hydrogens is 523 g/mol.